The van der Waals surface area contributed by atoms with E-state index in [-0.39, 0.29) is 11.2 Å². The maximum atomic E-state index is 11.4. The van der Waals surface area contributed by atoms with Crippen molar-refractivity contribution in [2.75, 3.05) is 43.4 Å². The summed E-state index contributed by atoms with van der Waals surface area (Å²) < 4.78 is 0. The van der Waals surface area contributed by atoms with Gasteiger partial charge in [-0.3, -0.25) is 9.69 Å². The Hall–Kier alpha value is -1.67. The number of thiocarbonyl (C=S) groups is 1. The van der Waals surface area contributed by atoms with Crippen LogP contribution >= 0.6 is 12.2 Å². The second-order valence-corrected chi connectivity index (χ2v) is 4.72. The van der Waals surface area contributed by atoms with Crippen molar-refractivity contribution in [1.82, 2.24) is 14.9 Å². The number of nitrogens with two attached hydrogens (primary N) is 2. The van der Waals surface area contributed by atoms with Crippen molar-refractivity contribution in [2.24, 2.45) is 5.73 Å². The van der Waals surface area contributed by atoms with Gasteiger partial charge in [0.2, 0.25) is 0 Å². The maximum Gasteiger partial charge on any atom is 0.276 e. The Morgan fingerprint density at radius 2 is 2.11 bits per heavy atom. The number of rotatable bonds is 3. The lowest BCUT2D eigenvalue weighted by Crippen LogP contribution is -2.49. The summed E-state index contributed by atoms with van der Waals surface area (Å²) in [6, 6.07) is 0. The normalized spacial score (nSPS) is 16.8. The molecule has 2 heterocycles. The summed E-state index contributed by atoms with van der Waals surface area (Å²) in [7, 11) is 0. The monoisotopic (exact) mass is 268 g/mol. The summed E-state index contributed by atoms with van der Waals surface area (Å²) in [6.07, 6.45) is 1.37. The van der Waals surface area contributed by atoms with Gasteiger partial charge < -0.3 is 21.4 Å². The Kier molecular flexibility index (Phi) is 3.78. The molecule has 0 atom stereocenters. The van der Waals surface area contributed by atoms with Gasteiger partial charge in [0.25, 0.3) is 5.56 Å². The van der Waals surface area contributed by atoms with Crippen LogP contribution in [-0.2, 0) is 0 Å². The van der Waals surface area contributed by atoms with E-state index in [1.807, 2.05) is 4.90 Å². The highest BCUT2D eigenvalue weighted by Crippen LogP contribution is 2.16. The average Bonchev–Trinajstić information content (AvgIpc) is 2.33. The molecule has 2 rings (SSSR count). The molecule has 0 bridgehead atoms. The van der Waals surface area contributed by atoms with Crippen LogP contribution in [0.1, 0.15) is 0 Å². The fourth-order valence-electron chi connectivity index (χ4n) is 1.99. The number of aromatic nitrogens is 2. The molecule has 0 aliphatic carbocycles. The molecule has 8 heteroatoms. The summed E-state index contributed by atoms with van der Waals surface area (Å²) >= 11 is 4.88. The molecule has 0 spiro atoms. The Morgan fingerprint density at radius 3 is 2.72 bits per heavy atom. The number of hydrogen-bond acceptors (Lipinski definition) is 6. The van der Waals surface area contributed by atoms with Gasteiger partial charge in [0.05, 0.1) is 11.3 Å². The van der Waals surface area contributed by atoms with E-state index in [9.17, 15) is 4.79 Å². The van der Waals surface area contributed by atoms with Gasteiger partial charge >= 0.3 is 0 Å². The highest BCUT2D eigenvalue weighted by atomic mass is 32.1. The molecule has 1 aliphatic rings. The highest BCUT2D eigenvalue weighted by Gasteiger charge is 2.20. The smallest absolute Gasteiger partial charge is 0.276 e. The lowest BCUT2D eigenvalue weighted by Gasteiger charge is -2.35. The standard InChI is InChI=1S/C10H16N6OS/c11-7(18)5-15-1-3-16(4-2-15)9-8(12)10(17)14-6-13-9/h6H,1-5,12H2,(H2,11,18)(H,13,14,17). The largest absolute Gasteiger partial charge is 0.392 e. The van der Waals surface area contributed by atoms with Crippen LogP contribution in [0.25, 0.3) is 0 Å². The molecule has 1 aromatic heterocycles. The number of nitrogen functional groups attached to an aromatic ring is 1. The molecule has 5 N–H and O–H groups in total. The second-order valence-electron chi connectivity index (χ2n) is 4.20. The molecule has 18 heavy (non-hydrogen) atoms. The van der Waals surface area contributed by atoms with Crippen LogP contribution in [0.2, 0.25) is 0 Å². The third-order valence-electron chi connectivity index (χ3n) is 2.92. The zero-order valence-electron chi connectivity index (χ0n) is 9.93. The van der Waals surface area contributed by atoms with E-state index < -0.39 is 0 Å². The van der Waals surface area contributed by atoms with E-state index in [1.165, 1.54) is 6.33 Å². The van der Waals surface area contributed by atoms with Crippen molar-refractivity contribution in [3.8, 4) is 0 Å². The van der Waals surface area contributed by atoms with Crippen molar-refractivity contribution in [3.63, 3.8) is 0 Å². The summed E-state index contributed by atoms with van der Waals surface area (Å²) in [5.41, 5.74) is 11.1. The maximum absolute atomic E-state index is 11.4. The second kappa shape index (κ2) is 5.32. The van der Waals surface area contributed by atoms with Crippen molar-refractivity contribution >= 4 is 28.7 Å². The van der Waals surface area contributed by atoms with E-state index in [4.69, 9.17) is 23.7 Å². The van der Waals surface area contributed by atoms with Crippen molar-refractivity contribution in [1.29, 1.82) is 0 Å². The number of H-pyrrole nitrogens is 1. The molecule has 1 saturated heterocycles. The van der Waals surface area contributed by atoms with E-state index in [1.54, 1.807) is 0 Å². The summed E-state index contributed by atoms with van der Waals surface area (Å²) in [5, 5.41) is 0. The lowest BCUT2D eigenvalue weighted by molar-refractivity contribution is 0.291. The Balaban J connectivity index is 2.03. The van der Waals surface area contributed by atoms with Crippen molar-refractivity contribution in [3.05, 3.63) is 16.7 Å². The first-order valence-electron chi connectivity index (χ1n) is 5.66. The molecule has 0 saturated carbocycles. The minimum absolute atomic E-state index is 0.167. The van der Waals surface area contributed by atoms with Crippen molar-refractivity contribution < 1.29 is 0 Å². The van der Waals surface area contributed by atoms with E-state index in [0.29, 0.717) is 17.4 Å². The molecule has 0 aromatic carbocycles. The van der Waals surface area contributed by atoms with Crippen LogP contribution in [0.5, 0.6) is 0 Å². The van der Waals surface area contributed by atoms with E-state index in [2.05, 4.69) is 14.9 Å². The third kappa shape index (κ3) is 2.77. The predicted octanol–water partition coefficient (Wildman–Crippen LogP) is -1.24. The predicted molar refractivity (Wildman–Crippen MR) is 74.7 cm³/mol. The van der Waals surface area contributed by atoms with E-state index >= 15 is 0 Å². The lowest BCUT2D eigenvalue weighted by atomic mass is 10.3. The third-order valence-corrected chi connectivity index (χ3v) is 3.05. The quantitative estimate of drug-likeness (QED) is 0.589. The van der Waals surface area contributed by atoms with E-state index in [0.717, 1.165) is 26.2 Å². The number of nitrogens with zero attached hydrogens (tertiary/aromatic N) is 3. The number of nitrogens with one attached hydrogen (secondary N) is 1. The molecule has 1 aromatic rings. The first-order chi connectivity index (χ1) is 8.58. The first kappa shape index (κ1) is 12.8. The molecule has 7 nitrogen and oxygen atoms in total. The average molecular weight is 268 g/mol. The first-order valence-corrected chi connectivity index (χ1v) is 6.07. The molecule has 0 amide bonds. The van der Waals surface area contributed by atoms with Gasteiger partial charge in [0.1, 0.15) is 5.69 Å². The summed E-state index contributed by atoms with van der Waals surface area (Å²) in [5.74, 6) is 0.550. The fraction of sp³-hybridized carbons (Fsp3) is 0.500. The van der Waals surface area contributed by atoms with Crippen LogP contribution in [0.4, 0.5) is 11.5 Å². The van der Waals surface area contributed by atoms with Crippen LogP contribution in [0.15, 0.2) is 11.1 Å². The number of aromatic amines is 1. The van der Waals surface area contributed by atoms with Gasteiger partial charge in [-0.25, -0.2) is 4.98 Å². The Morgan fingerprint density at radius 1 is 1.44 bits per heavy atom. The number of anilines is 2. The topological polar surface area (TPSA) is 104 Å². The minimum Gasteiger partial charge on any atom is -0.392 e. The Labute approximate surface area is 110 Å². The SMILES string of the molecule is NC(=S)CN1CCN(c2nc[nH]c(=O)c2N)CC1. The van der Waals surface area contributed by atoms with Gasteiger partial charge in [-0.05, 0) is 0 Å². The zero-order chi connectivity index (χ0) is 13.1. The van der Waals surface area contributed by atoms with Crippen LogP contribution in [0, 0.1) is 0 Å². The molecular formula is C10H16N6OS. The van der Waals surface area contributed by atoms with Gasteiger partial charge in [0, 0.05) is 32.7 Å². The molecule has 0 radical (unpaired) electrons. The number of piperazine rings is 1. The summed E-state index contributed by atoms with van der Waals surface area (Å²) in [6.45, 7) is 3.78. The molecular weight excluding hydrogens is 252 g/mol. The molecule has 1 fully saturated rings. The van der Waals surface area contributed by atoms with Gasteiger partial charge in [0.15, 0.2) is 5.82 Å². The molecule has 98 valence electrons. The Bertz CT molecular complexity index is 493. The zero-order valence-corrected chi connectivity index (χ0v) is 10.7. The van der Waals surface area contributed by atoms with Crippen LogP contribution in [-0.4, -0.2) is 52.6 Å². The van der Waals surface area contributed by atoms with Gasteiger partial charge in [-0.15, -0.1) is 0 Å². The molecule has 0 unspecified atom stereocenters. The van der Waals surface area contributed by atoms with Gasteiger partial charge in [-0.2, -0.15) is 0 Å². The molecule has 1 aliphatic heterocycles. The number of hydrogen-bond donors (Lipinski definition) is 3. The van der Waals surface area contributed by atoms with Crippen LogP contribution in [0.3, 0.4) is 0 Å². The fourth-order valence-corrected chi connectivity index (χ4v) is 2.17. The highest BCUT2D eigenvalue weighted by molar-refractivity contribution is 7.80. The summed E-state index contributed by atoms with van der Waals surface area (Å²) in [4.78, 5) is 22.6. The van der Waals surface area contributed by atoms with Crippen LogP contribution < -0.4 is 21.9 Å². The minimum atomic E-state index is -0.300. The van der Waals surface area contributed by atoms with Crippen molar-refractivity contribution in [2.45, 2.75) is 0 Å². The van der Waals surface area contributed by atoms with Gasteiger partial charge in [-0.1, -0.05) is 12.2 Å².